The van der Waals surface area contributed by atoms with Crippen LogP contribution in [0.2, 0.25) is 0 Å². The number of hydrogen-bond acceptors (Lipinski definition) is 9. The van der Waals surface area contributed by atoms with E-state index in [0.29, 0.717) is 37.8 Å². The average molecular weight is 493 g/mol. The number of methoxy groups -OCH3 is 1. The molecule has 2 aromatic carbocycles. The van der Waals surface area contributed by atoms with Gasteiger partial charge in [-0.05, 0) is 48.4 Å². The summed E-state index contributed by atoms with van der Waals surface area (Å²) < 4.78 is 22.9. The van der Waals surface area contributed by atoms with E-state index in [9.17, 15) is 14.4 Å². The van der Waals surface area contributed by atoms with Crippen molar-refractivity contribution in [3.05, 3.63) is 84.5 Å². The second-order valence-electron chi connectivity index (χ2n) is 7.85. The SMILES string of the molecule is COC(=O)C1=C(C)N=c2s/c(=C/c3ccc4c(c3)OCO4)c(=O)n2[C@H]1c1ccc(OC(C)=O)cc1. The molecular weight excluding hydrogens is 472 g/mol. The molecule has 0 amide bonds. The number of fused-ring (bicyclic) bond motifs is 2. The third kappa shape index (κ3) is 4.12. The lowest BCUT2D eigenvalue weighted by atomic mass is 9.96. The monoisotopic (exact) mass is 492 g/mol. The smallest absolute Gasteiger partial charge is 0.338 e. The molecule has 3 aromatic rings. The maximum atomic E-state index is 13.6. The van der Waals surface area contributed by atoms with E-state index < -0.39 is 18.0 Å². The van der Waals surface area contributed by atoms with Crippen molar-refractivity contribution in [2.75, 3.05) is 13.9 Å². The molecule has 0 saturated carbocycles. The highest BCUT2D eigenvalue weighted by Gasteiger charge is 2.33. The van der Waals surface area contributed by atoms with E-state index in [2.05, 4.69) is 4.99 Å². The molecule has 1 aromatic heterocycles. The molecule has 0 bridgehead atoms. The molecule has 9 nitrogen and oxygen atoms in total. The molecule has 0 N–H and O–H groups in total. The predicted octanol–water partition coefficient (Wildman–Crippen LogP) is 2.06. The molecule has 3 heterocycles. The van der Waals surface area contributed by atoms with Gasteiger partial charge in [-0.3, -0.25) is 14.2 Å². The molecule has 0 fully saturated rings. The van der Waals surface area contributed by atoms with Crippen LogP contribution < -0.4 is 29.1 Å². The molecule has 0 unspecified atom stereocenters. The summed E-state index contributed by atoms with van der Waals surface area (Å²) in [5, 5.41) is 0. The van der Waals surface area contributed by atoms with Crippen LogP contribution in [0.15, 0.2) is 63.5 Å². The molecule has 0 radical (unpaired) electrons. The number of thiazole rings is 1. The van der Waals surface area contributed by atoms with Gasteiger partial charge in [0.2, 0.25) is 6.79 Å². The summed E-state index contributed by atoms with van der Waals surface area (Å²) >= 11 is 1.23. The van der Waals surface area contributed by atoms with Crippen molar-refractivity contribution in [3.8, 4) is 17.2 Å². The van der Waals surface area contributed by atoms with Crippen LogP contribution in [0.1, 0.15) is 31.0 Å². The molecule has 10 heteroatoms. The zero-order valence-electron chi connectivity index (χ0n) is 19.1. The number of esters is 2. The number of aromatic nitrogens is 1. The van der Waals surface area contributed by atoms with Crippen molar-refractivity contribution in [2.45, 2.75) is 19.9 Å². The summed E-state index contributed by atoms with van der Waals surface area (Å²) in [6.07, 6.45) is 1.75. The Morgan fingerprint density at radius 1 is 1.14 bits per heavy atom. The summed E-state index contributed by atoms with van der Waals surface area (Å²) in [5.41, 5.74) is 1.84. The van der Waals surface area contributed by atoms with Gasteiger partial charge in [-0.15, -0.1) is 0 Å². The normalized spacial score (nSPS) is 16.5. The second kappa shape index (κ2) is 8.88. The highest BCUT2D eigenvalue weighted by atomic mass is 32.1. The Hall–Kier alpha value is -4.18. The standard InChI is InChI=1S/C25H20N2O7S/c1-13-21(24(30)31-3)22(16-5-7-17(8-6-16)34-14(2)28)27-23(29)20(35-25(27)26-13)11-15-4-9-18-19(10-15)33-12-32-18/h4-11,22H,12H2,1-3H3/b20-11+/t22-/m0/s1. The van der Waals surface area contributed by atoms with Gasteiger partial charge < -0.3 is 18.9 Å². The Bertz CT molecular complexity index is 1560. The van der Waals surface area contributed by atoms with Gasteiger partial charge in [0.1, 0.15) is 5.75 Å². The van der Waals surface area contributed by atoms with Crippen molar-refractivity contribution < 1.29 is 28.5 Å². The maximum absolute atomic E-state index is 13.6. The zero-order chi connectivity index (χ0) is 24.7. The summed E-state index contributed by atoms with van der Waals surface area (Å²) in [6.45, 7) is 3.18. The molecule has 0 aliphatic carbocycles. The fraction of sp³-hybridized carbons (Fsp3) is 0.200. The molecular formula is C25H20N2O7S. The lowest BCUT2D eigenvalue weighted by Crippen LogP contribution is -2.39. The van der Waals surface area contributed by atoms with E-state index in [1.165, 1.54) is 29.9 Å². The first-order valence-corrected chi connectivity index (χ1v) is 11.5. The molecule has 5 rings (SSSR count). The fourth-order valence-electron chi connectivity index (χ4n) is 4.05. The van der Waals surface area contributed by atoms with Crippen LogP contribution in [0.3, 0.4) is 0 Å². The molecule has 178 valence electrons. The Morgan fingerprint density at radius 3 is 2.60 bits per heavy atom. The number of ether oxygens (including phenoxy) is 4. The van der Waals surface area contributed by atoms with E-state index in [1.807, 2.05) is 6.07 Å². The number of hydrogen-bond donors (Lipinski definition) is 0. The summed E-state index contributed by atoms with van der Waals surface area (Å²) in [4.78, 5) is 42.6. The number of carbonyl (C=O) groups excluding carboxylic acids is 2. The summed E-state index contributed by atoms with van der Waals surface area (Å²) in [7, 11) is 1.29. The van der Waals surface area contributed by atoms with Crippen LogP contribution in [0, 0.1) is 0 Å². The zero-order valence-corrected chi connectivity index (χ0v) is 19.9. The van der Waals surface area contributed by atoms with Crippen molar-refractivity contribution in [1.82, 2.24) is 4.57 Å². The first-order valence-electron chi connectivity index (χ1n) is 10.6. The van der Waals surface area contributed by atoms with Crippen LogP contribution in [0.4, 0.5) is 0 Å². The molecule has 2 aliphatic heterocycles. The third-order valence-electron chi connectivity index (χ3n) is 5.58. The van der Waals surface area contributed by atoms with Gasteiger partial charge in [0.25, 0.3) is 5.56 Å². The number of allylic oxidation sites excluding steroid dienone is 1. The predicted molar refractivity (Wildman–Crippen MR) is 126 cm³/mol. The lowest BCUT2D eigenvalue weighted by Gasteiger charge is -2.24. The molecule has 1 atom stereocenters. The Labute approximate surface area is 203 Å². The van der Waals surface area contributed by atoms with Crippen LogP contribution in [-0.4, -0.2) is 30.4 Å². The minimum Gasteiger partial charge on any atom is -0.466 e. The van der Waals surface area contributed by atoms with Gasteiger partial charge in [0.05, 0.1) is 29.0 Å². The number of rotatable bonds is 4. The highest BCUT2D eigenvalue weighted by molar-refractivity contribution is 7.07. The third-order valence-corrected chi connectivity index (χ3v) is 6.56. The van der Waals surface area contributed by atoms with E-state index in [-0.39, 0.29) is 17.9 Å². The molecule has 0 spiro atoms. The van der Waals surface area contributed by atoms with Crippen molar-refractivity contribution in [2.24, 2.45) is 4.99 Å². The summed E-state index contributed by atoms with van der Waals surface area (Å²) in [6, 6.07) is 11.3. The lowest BCUT2D eigenvalue weighted by molar-refractivity contribution is -0.136. The highest BCUT2D eigenvalue weighted by Crippen LogP contribution is 2.33. The minimum atomic E-state index is -0.760. The second-order valence-corrected chi connectivity index (χ2v) is 8.86. The van der Waals surface area contributed by atoms with Crippen molar-refractivity contribution in [1.29, 1.82) is 0 Å². The van der Waals surface area contributed by atoms with Gasteiger partial charge in [0, 0.05) is 6.92 Å². The largest absolute Gasteiger partial charge is 0.466 e. The van der Waals surface area contributed by atoms with Crippen LogP contribution >= 0.6 is 11.3 Å². The van der Waals surface area contributed by atoms with Gasteiger partial charge in [-0.25, -0.2) is 9.79 Å². The first kappa shape index (κ1) is 22.6. The van der Waals surface area contributed by atoms with Crippen LogP contribution in [-0.2, 0) is 14.3 Å². The molecule has 35 heavy (non-hydrogen) atoms. The Kier molecular flexibility index (Phi) is 5.73. The number of nitrogens with zero attached hydrogens (tertiary/aromatic N) is 2. The minimum absolute atomic E-state index is 0.160. The van der Waals surface area contributed by atoms with Gasteiger partial charge in [-0.1, -0.05) is 29.5 Å². The topological polar surface area (TPSA) is 105 Å². The number of benzene rings is 2. The van der Waals surface area contributed by atoms with Crippen molar-refractivity contribution in [3.63, 3.8) is 0 Å². The van der Waals surface area contributed by atoms with Crippen molar-refractivity contribution >= 4 is 29.4 Å². The quantitative estimate of drug-likeness (QED) is 0.406. The van der Waals surface area contributed by atoms with E-state index in [1.54, 1.807) is 49.4 Å². The number of carbonyl (C=O) groups is 2. The van der Waals surface area contributed by atoms with E-state index >= 15 is 0 Å². The van der Waals surface area contributed by atoms with E-state index in [0.717, 1.165) is 5.56 Å². The Morgan fingerprint density at radius 2 is 1.89 bits per heavy atom. The fourth-order valence-corrected chi connectivity index (χ4v) is 5.09. The summed E-state index contributed by atoms with van der Waals surface area (Å²) in [5.74, 6) is 0.600. The average Bonchev–Trinajstić information content (AvgIpc) is 3.42. The molecule has 2 aliphatic rings. The van der Waals surface area contributed by atoms with Gasteiger partial charge in [0.15, 0.2) is 16.3 Å². The maximum Gasteiger partial charge on any atom is 0.338 e. The Balaban J connectivity index is 1.65. The van der Waals surface area contributed by atoms with Gasteiger partial charge in [-0.2, -0.15) is 0 Å². The van der Waals surface area contributed by atoms with Gasteiger partial charge >= 0.3 is 11.9 Å². The first-order chi connectivity index (χ1) is 16.9. The molecule has 0 saturated heterocycles. The van der Waals surface area contributed by atoms with Crippen LogP contribution in [0.25, 0.3) is 6.08 Å². The van der Waals surface area contributed by atoms with Crippen LogP contribution in [0.5, 0.6) is 17.2 Å². The van der Waals surface area contributed by atoms with E-state index in [4.69, 9.17) is 18.9 Å².